The lowest BCUT2D eigenvalue weighted by atomic mass is 9.84. The monoisotopic (exact) mass is 301 g/mol. The van der Waals surface area contributed by atoms with Gasteiger partial charge in [-0.05, 0) is 30.5 Å². The van der Waals surface area contributed by atoms with Crippen molar-refractivity contribution in [1.82, 2.24) is 5.32 Å². The summed E-state index contributed by atoms with van der Waals surface area (Å²) in [6, 6.07) is 5.52. The number of carboxylic acids is 1. The van der Waals surface area contributed by atoms with Crippen molar-refractivity contribution in [3.63, 3.8) is 0 Å². The molecule has 2 N–H and O–H groups in total. The van der Waals surface area contributed by atoms with Crippen LogP contribution in [0.1, 0.15) is 31.2 Å². The lowest BCUT2D eigenvalue weighted by Gasteiger charge is -2.29. The van der Waals surface area contributed by atoms with E-state index in [4.69, 9.17) is 23.2 Å². The number of carbonyl (C=O) groups is 1. The molecule has 104 valence electrons. The average molecular weight is 302 g/mol. The van der Waals surface area contributed by atoms with E-state index < -0.39 is 5.97 Å². The Bertz CT molecular complexity index is 465. The number of rotatable bonds is 4. The highest BCUT2D eigenvalue weighted by Crippen LogP contribution is 2.26. The first-order valence-electron chi connectivity index (χ1n) is 6.48. The second-order valence-corrected chi connectivity index (χ2v) is 5.78. The molecule has 5 heteroatoms. The van der Waals surface area contributed by atoms with Crippen LogP contribution in [0.2, 0.25) is 10.0 Å². The van der Waals surface area contributed by atoms with Crippen LogP contribution in [0, 0.1) is 5.92 Å². The van der Waals surface area contributed by atoms with Gasteiger partial charge in [-0.1, -0.05) is 42.1 Å². The summed E-state index contributed by atoms with van der Waals surface area (Å²) in [7, 11) is 0. The van der Waals surface area contributed by atoms with E-state index in [1.165, 1.54) is 0 Å². The number of hydrogen-bond acceptors (Lipinski definition) is 2. The van der Waals surface area contributed by atoms with Crippen LogP contribution in [-0.4, -0.2) is 17.1 Å². The topological polar surface area (TPSA) is 49.3 Å². The van der Waals surface area contributed by atoms with Crippen LogP contribution in [-0.2, 0) is 11.3 Å². The van der Waals surface area contributed by atoms with Crippen molar-refractivity contribution in [2.24, 2.45) is 5.92 Å². The van der Waals surface area contributed by atoms with Crippen LogP contribution in [0.3, 0.4) is 0 Å². The molecule has 3 nitrogen and oxygen atoms in total. The zero-order valence-electron chi connectivity index (χ0n) is 10.5. The highest BCUT2D eigenvalue weighted by molar-refractivity contribution is 6.42. The van der Waals surface area contributed by atoms with Crippen molar-refractivity contribution >= 4 is 29.2 Å². The molecule has 1 aliphatic carbocycles. The molecule has 1 aromatic rings. The van der Waals surface area contributed by atoms with Gasteiger partial charge >= 0.3 is 5.97 Å². The van der Waals surface area contributed by atoms with Gasteiger partial charge in [-0.25, -0.2) is 0 Å². The van der Waals surface area contributed by atoms with E-state index in [1.54, 1.807) is 6.07 Å². The molecule has 0 amide bonds. The molecule has 2 rings (SSSR count). The molecule has 0 spiro atoms. The summed E-state index contributed by atoms with van der Waals surface area (Å²) in [6.45, 7) is 0.616. The first-order chi connectivity index (χ1) is 9.08. The van der Waals surface area contributed by atoms with E-state index in [1.807, 2.05) is 12.1 Å². The normalized spacial score (nSPS) is 23.3. The van der Waals surface area contributed by atoms with Crippen molar-refractivity contribution < 1.29 is 9.90 Å². The molecular formula is C14H17Cl2NO2. The first kappa shape index (κ1) is 14.6. The maximum atomic E-state index is 11.2. The number of nitrogens with one attached hydrogen (secondary N) is 1. The molecule has 1 fully saturated rings. The second kappa shape index (κ2) is 6.60. The molecule has 0 radical (unpaired) electrons. The summed E-state index contributed by atoms with van der Waals surface area (Å²) in [5.41, 5.74) is 1.02. The van der Waals surface area contributed by atoms with E-state index in [0.717, 1.165) is 31.2 Å². The van der Waals surface area contributed by atoms with Gasteiger partial charge in [0.1, 0.15) is 0 Å². The van der Waals surface area contributed by atoms with Gasteiger partial charge < -0.3 is 10.4 Å². The van der Waals surface area contributed by atoms with Crippen LogP contribution >= 0.6 is 23.2 Å². The van der Waals surface area contributed by atoms with Crippen LogP contribution in [0.25, 0.3) is 0 Å². The Morgan fingerprint density at radius 3 is 2.68 bits per heavy atom. The summed E-state index contributed by atoms with van der Waals surface area (Å²) in [6.07, 6.45) is 3.76. The van der Waals surface area contributed by atoms with E-state index in [2.05, 4.69) is 5.32 Å². The summed E-state index contributed by atoms with van der Waals surface area (Å²) in [5.74, 6) is -0.983. The minimum atomic E-state index is -0.702. The third kappa shape index (κ3) is 3.85. The lowest BCUT2D eigenvalue weighted by Crippen LogP contribution is -2.41. The quantitative estimate of drug-likeness (QED) is 0.891. The molecule has 0 heterocycles. The predicted molar refractivity (Wildman–Crippen MR) is 76.7 cm³/mol. The van der Waals surface area contributed by atoms with Crippen molar-refractivity contribution in [3.05, 3.63) is 33.8 Å². The summed E-state index contributed by atoms with van der Waals surface area (Å²) in [4.78, 5) is 11.2. The Morgan fingerprint density at radius 2 is 2.00 bits per heavy atom. The van der Waals surface area contributed by atoms with Crippen LogP contribution < -0.4 is 5.32 Å². The summed E-state index contributed by atoms with van der Waals surface area (Å²) in [5, 5.41) is 13.6. The van der Waals surface area contributed by atoms with Crippen LogP contribution in [0.5, 0.6) is 0 Å². The van der Waals surface area contributed by atoms with E-state index in [9.17, 15) is 9.90 Å². The highest BCUT2D eigenvalue weighted by Gasteiger charge is 2.30. The minimum Gasteiger partial charge on any atom is -0.481 e. The van der Waals surface area contributed by atoms with Gasteiger partial charge in [-0.3, -0.25) is 4.79 Å². The van der Waals surface area contributed by atoms with Crippen molar-refractivity contribution in [2.45, 2.75) is 38.3 Å². The maximum Gasteiger partial charge on any atom is 0.308 e. The smallest absolute Gasteiger partial charge is 0.308 e. The fraction of sp³-hybridized carbons (Fsp3) is 0.500. The predicted octanol–water partition coefficient (Wildman–Crippen LogP) is 3.73. The maximum absolute atomic E-state index is 11.2. The minimum absolute atomic E-state index is 0.0423. The molecule has 1 aliphatic rings. The van der Waals surface area contributed by atoms with Gasteiger partial charge in [0.15, 0.2) is 0 Å². The average Bonchev–Trinajstić information content (AvgIpc) is 2.40. The third-order valence-corrected chi connectivity index (χ3v) is 4.37. The number of carboxylic acid groups (broad SMARTS) is 1. The van der Waals surface area contributed by atoms with Gasteiger partial charge in [-0.15, -0.1) is 0 Å². The zero-order valence-corrected chi connectivity index (χ0v) is 12.0. The summed E-state index contributed by atoms with van der Waals surface area (Å²) >= 11 is 11.8. The van der Waals surface area contributed by atoms with E-state index >= 15 is 0 Å². The Kier molecular flexibility index (Phi) is 5.08. The Morgan fingerprint density at radius 1 is 1.26 bits per heavy atom. The molecule has 2 atom stereocenters. The van der Waals surface area contributed by atoms with Gasteiger partial charge in [0.05, 0.1) is 16.0 Å². The van der Waals surface area contributed by atoms with Gasteiger partial charge in [0.2, 0.25) is 0 Å². The molecule has 0 unspecified atom stereocenters. The number of aliphatic carboxylic acids is 1. The molecule has 0 saturated heterocycles. The standard InChI is InChI=1S/C14H17Cl2NO2/c15-11-6-5-9(7-12(11)16)8-17-13-4-2-1-3-10(13)14(18)19/h5-7,10,13,17H,1-4,8H2,(H,18,19)/t10-,13-/m1/s1. The second-order valence-electron chi connectivity index (χ2n) is 4.97. The highest BCUT2D eigenvalue weighted by atomic mass is 35.5. The third-order valence-electron chi connectivity index (χ3n) is 3.64. The Labute approximate surface area is 122 Å². The molecular weight excluding hydrogens is 285 g/mol. The fourth-order valence-corrected chi connectivity index (χ4v) is 2.89. The number of hydrogen-bond donors (Lipinski definition) is 2. The first-order valence-corrected chi connectivity index (χ1v) is 7.23. The molecule has 0 bridgehead atoms. The SMILES string of the molecule is O=C(O)[C@@H]1CCCC[C@H]1NCc1ccc(Cl)c(Cl)c1. The largest absolute Gasteiger partial charge is 0.481 e. The van der Waals surface area contributed by atoms with E-state index in [-0.39, 0.29) is 12.0 Å². The molecule has 1 saturated carbocycles. The van der Waals surface area contributed by atoms with Gasteiger partial charge in [0.25, 0.3) is 0 Å². The number of benzene rings is 1. The fourth-order valence-electron chi connectivity index (χ4n) is 2.57. The molecule has 1 aromatic carbocycles. The molecule has 0 aliphatic heterocycles. The Balaban J connectivity index is 1.96. The summed E-state index contributed by atoms with van der Waals surface area (Å²) < 4.78 is 0. The number of halogens is 2. The van der Waals surface area contributed by atoms with Crippen molar-refractivity contribution in [1.29, 1.82) is 0 Å². The van der Waals surface area contributed by atoms with Crippen molar-refractivity contribution in [2.75, 3.05) is 0 Å². The zero-order chi connectivity index (χ0) is 13.8. The van der Waals surface area contributed by atoms with E-state index in [0.29, 0.717) is 16.6 Å². The van der Waals surface area contributed by atoms with Crippen LogP contribution in [0.15, 0.2) is 18.2 Å². The van der Waals surface area contributed by atoms with Gasteiger partial charge in [0, 0.05) is 12.6 Å². The van der Waals surface area contributed by atoms with Crippen LogP contribution in [0.4, 0.5) is 0 Å². The molecule has 0 aromatic heterocycles. The van der Waals surface area contributed by atoms with Gasteiger partial charge in [-0.2, -0.15) is 0 Å². The van der Waals surface area contributed by atoms with Crippen molar-refractivity contribution in [3.8, 4) is 0 Å². The molecule has 19 heavy (non-hydrogen) atoms. The lowest BCUT2D eigenvalue weighted by molar-refractivity contribution is -0.143. The Hall–Kier alpha value is -0.770.